The first kappa shape index (κ1) is 12.0. The van der Waals surface area contributed by atoms with Crippen LogP contribution < -0.4 is 5.32 Å². The SMILES string of the molecule is O=C(NCCCc1ccccc1)N1CCCC1. The van der Waals surface area contributed by atoms with E-state index in [1.165, 1.54) is 5.56 Å². The highest BCUT2D eigenvalue weighted by atomic mass is 16.2. The van der Waals surface area contributed by atoms with Gasteiger partial charge in [-0.15, -0.1) is 0 Å². The van der Waals surface area contributed by atoms with Gasteiger partial charge in [-0.3, -0.25) is 0 Å². The zero-order chi connectivity index (χ0) is 11.9. The van der Waals surface area contributed by atoms with Gasteiger partial charge in [-0.2, -0.15) is 0 Å². The highest BCUT2D eigenvalue weighted by molar-refractivity contribution is 5.74. The van der Waals surface area contributed by atoms with E-state index in [2.05, 4.69) is 29.6 Å². The second-order valence-corrected chi connectivity index (χ2v) is 4.52. The molecule has 0 bridgehead atoms. The number of amides is 2. The molecule has 1 aliphatic heterocycles. The van der Waals surface area contributed by atoms with Crippen LogP contribution in [0.4, 0.5) is 4.79 Å². The molecular weight excluding hydrogens is 212 g/mol. The summed E-state index contributed by atoms with van der Waals surface area (Å²) >= 11 is 0. The molecule has 0 spiro atoms. The van der Waals surface area contributed by atoms with Crippen molar-refractivity contribution in [3.63, 3.8) is 0 Å². The molecule has 0 unspecified atom stereocenters. The van der Waals surface area contributed by atoms with E-state index in [0.29, 0.717) is 0 Å². The van der Waals surface area contributed by atoms with Gasteiger partial charge >= 0.3 is 6.03 Å². The number of carbonyl (C=O) groups is 1. The zero-order valence-electron chi connectivity index (χ0n) is 10.2. The summed E-state index contributed by atoms with van der Waals surface area (Å²) < 4.78 is 0. The average molecular weight is 232 g/mol. The fourth-order valence-corrected chi connectivity index (χ4v) is 2.16. The fraction of sp³-hybridized carbons (Fsp3) is 0.500. The van der Waals surface area contributed by atoms with Gasteiger partial charge < -0.3 is 10.2 Å². The molecule has 1 aromatic rings. The van der Waals surface area contributed by atoms with Crippen molar-refractivity contribution >= 4 is 6.03 Å². The number of nitrogens with zero attached hydrogens (tertiary/aromatic N) is 1. The van der Waals surface area contributed by atoms with Crippen LogP contribution >= 0.6 is 0 Å². The largest absolute Gasteiger partial charge is 0.338 e. The van der Waals surface area contributed by atoms with E-state index in [1.807, 2.05) is 11.0 Å². The van der Waals surface area contributed by atoms with Gasteiger partial charge in [0.2, 0.25) is 0 Å². The normalized spacial score (nSPS) is 14.9. The Bertz CT molecular complexity index is 344. The van der Waals surface area contributed by atoms with Crippen molar-refractivity contribution in [2.24, 2.45) is 0 Å². The van der Waals surface area contributed by atoms with Crippen molar-refractivity contribution in [2.75, 3.05) is 19.6 Å². The molecule has 2 rings (SSSR count). The predicted octanol–water partition coefficient (Wildman–Crippen LogP) is 2.42. The summed E-state index contributed by atoms with van der Waals surface area (Å²) in [5.41, 5.74) is 1.34. The Kier molecular flexibility index (Phi) is 4.42. The Labute approximate surface area is 103 Å². The molecule has 1 fully saturated rings. The van der Waals surface area contributed by atoms with Crippen molar-refractivity contribution < 1.29 is 4.79 Å². The van der Waals surface area contributed by atoms with E-state index in [-0.39, 0.29) is 6.03 Å². The van der Waals surface area contributed by atoms with Crippen LogP contribution in [-0.4, -0.2) is 30.6 Å². The molecule has 0 atom stereocenters. The molecule has 0 radical (unpaired) electrons. The first-order valence-corrected chi connectivity index (χ1v) is 6.43. The topological polar surface area (TPSA) is 32.3 Å². The van der Waals surface area contributed by atoms with E-state index in [9.17, 15) is 4.79 Å². The zero-order valence-corrected chi connectivity index (χ0v) is 10.2. The first-order valence-electron chi connectivity index (χ1n) is 6.43. The van der Waals surface area contributed by atoms with Crippen LogP contribution in [0.2, 0.25) is 0 Å². The molecule has 17 heavy (non-hydrogen) atoms. The maximum atomic E-state index is 11.7. The Balaban J connectivity index is 1.61. The Morgan fingerprint density at radius 1 is 1.18 bits per heavy atom. The van der Waals surface area contributed by atoms with Crippen molar-refractivity contribution in [3.05, 3.63) is 35.9 Å². The third-order valence-corrected chi connectivity index (χ3v) is 3.15. The number of rotatable bonds is 4. The molecule has 1 saturated heterocycles. The molecule has 2 amide bonds. The van der Waals surface area contributed by atoms with Gasteiger partial charge in [-0.1, -0.05) is 30.3 Å². The summed E-state index contributed by atoms with van der Waals surface area (Å²) in [7, 11) is 0. The van der Waals surface area contributed by atoms with E-state index in [1.54, 1.807) is 0 Å². The maximum absolute atomic E-state index is 11.7. The Morgan fingerprint density at radius 3 is 2.59 bits per heavy atom. The molecule has 1 aliphatic rings. The van der Waals surface area contributed by atoms with Gasteiger partial charge in [0.1, 0.15) is 0 Å². The van der Waals surface area contributed by atoms with Crippen LogP contribution in [0.3, 0.4) is 0 Å². The van der Waals surface area contributed by atoms with E-state index in [0.717, 1.165) is 45.3 Å². The second-order valence-electron chi connectivity index (χ2n) is 4.52. The van der Waals surface area contributed by atoms with E-state index >= 15 is 0 Å². The monoisotopic (exact) mass is 232 g/mol. The molecule has 1 heterocycles. The summed E-state index contributed by atoms with van der Waals surface area (Å²) in [5, 5.41) is 2.98. The van der Waals surface area contributed by atoms with Gasteiger partial charge in [0, 0.05) is 19.6 Å². The summed E-state index contributed by atoms with van der Waals surface area (Å²) in [6.07, 6.45) is 4.33. The minimum absolute atomic E-state index is 0.107. The van der Waals surface area contributed by atoms with Crippen molar-refractivity contribution in [2.45, 2.75) is 25.7 Å². The molecule has 1 aromatic carbocycles. The summed E-state index contributed by atoms with van der Waals surface area (Å²) in [6, 6.07) is 10.5. The standard InChI is InChI=1S/C14H20N2O/c17-14(16-11-4-5-12-16)15-10-6-9-13-7-2-1-3-8-13/h1-3,7-8H,4-6,9-12H2,(H,15,17). The molecule has 1 N–H and O–H groups in total. The Morgan fingerprint density at radius 2 is 1.88 bits per heavy atom. The number of hydrogen-bond acceptors (Lipinski definition) is 1. The third kappa shape index (κ3) is 3.77. The van der Waals surface area contributed by atoms with Crippen molar-refractivity contribution in [1.82, 2.24) is 10.2 Å². The van der Waals surface area contributed by atoms with Gasteiger partial charge in [-0.25, -0.2) is 4.79 Å². The molecule has 0 saturated carbocycles. The average Bonchev–Trinajstić information content (AvgIpc) is 2.89. The van der Waals surface area contributed by atoms with Gasteiger partial charge in [0.25, 0.3) is 0 Å². The van der Waals surface area contributed by atoms with E-state index < -0.39 is 0 Å². The Hall–Kier alpha value is -1.51. The predicted molar refractivity (Wildman–Crippen MR) is 69.0 cm³/mol. The van der Waals surface area contributed by atoms with Crippen molar-refractivity contribution in [3.8, 4) is 0 Å². The number of carbonyl (C=O) groups excluding carboxylic acids is 1. The van der Waals surface area contributed by atoms with Crippen LogP contribution in [0.1, 0.15) is 24.8 Å². The summed E-state index contributed by atoms with van der Waals surface area (Å²) in [6.45, 7) is 2.61. The number of likely N-dealkylation sites (tertiary alicyclic amines) is 1. The molecule has 3 nitrogen and oxygen atoms in total. The van der Waals surface area contributed by atoms with Crippen LogP contribution in [-0.2, 0) is 6.42 Å². The van der Waals surface area contributed by atoms with Gasteiger partial charge in [0.15, 0.2) is 0 Å². The lowest BCUT2D eigenvalue weighted by atomic mass is 10.1. The highest BCUT2D eigenvalue weighted by Gasteiger charge is 2.16. The van der Waals surface area contributed by atoms with Gasteiger partial charge in [-0.05, 0) is 31.2 Å². The lowest BCUT2D eigenvalue weighted by Gasteiger charge is -2.15. The van der Waals surface area contributed by atoms with Crippen LogP contribution in [0.25, 0.3) is 0 Å². The minimum atomic E-state index is 0.107. The van der Waals surface area contributed by atoms with Crippen LogP contribution in [0, 0.1) is 0 Å². The maximum Gasteiger partial charge on any atom is 0.317 e. The quantitative estimate of drug-likeness (QED) is 0.794. The lowest BCUT2D eigenvalue weighted by Crippen LogP contribution is -2.38. The van der Waals surface area contributed by atoms with Crippen LogP contribution in [0.5, 0.6) is 0 Å². The second kappa shape index (κ2) is 6.28. The minimum Gasteiger partial charge on any atom is -0.338 e. The highest BCUT2D eigenvalue weighted by Crippen LogP contribution is 2.07. The number of urea groups is 1. The smallest absolute Gasteiger partial charge is 0.317 e. The number of nitrogens with one attached hydrogen (secondary N) is 1. The number of benzene rings is 1. The lowest BCUT2D eigenvalue weighted by molar-refractivity contribution is 0.209. The summed E-state index contributed by atoms with van der Waals surface area (Å²) in [5.74, 6) is 0. The summed E-state index contributed by atoms with van der Waals surface area (Å²) in [4.78, 5) is 13.6. The van der Waals surface area contributed by atoms with Crippen LogP contribution in [0.15, 0.2) is 30.3 Å². The number of hydrogen-bond donors (Lipinski definition) is 1. The van der Waals surface area contributed by atoms with E-state index in [4.69, 9.17) is 0 Å². The molecule has 0 aromatic heterocycles. The molecule has 92 valence electrons. The van der Waals surface area contributed by atoms with Crippen molar-refractivity contribution in [1.29, 1.82) is 0 Å². The molecule has 3 heteroatoms. The third-order valence-electron chi connectivity index (χ3n) is 3.15. The molecular formula is C14H20N2O. The molecule has 0 aliphatic carbocycles. The fourth-order valence-electron chi connectivity index (χ4n) is 2.16. The van der Waals surface area contributed by atoms with Gasteiger partial charge in [0.05, 0.1) is 0 Å². The number of aryl methyl sites for hydroxylation is 1. The first-order chi connectivity index (χ1) is 8.36.